The number of hydrogen-bond acceptors (Lipinski definition) is 3. The Hall–Kier alpha value is -0.610. The fourth-order valence-electron chi connectivity index (χ4n) is 2.11. The van der Waals surface area contributed by atoms with E-state index in [4.69, 9.17) is 5.11 Å². The number of carbonyl (C=O) groups excluding carboxylic acids is 1. The molecule has 0 aromatic heterocycles. The Morgan fingerprint density at radius 3 is 2.69 bits per heavy atom. The highest BCUT2D eigenvalue weighted by Gasteiger charge is 2.17. The fraction of sp³-hybridized carbons (Fsp3) is 0.917. The zero-order chi connectivity index (χ0) is 11.8. The number of carbonyl (C=O) groups is 1. The van der Waals surface area contributed by atoms with Crippen LogP contribution in [0.15, 0.2) is 0 Å². The summed E-state index contributed by atoms with van der Waals surface area (Å²) in [6.45, 7) is 7.10. The first-order valence-corrected chi connectivity index (χ1v) is 6.39. The molecule has 0 aromatic carbocycles. The summed E-state index contributed by atoms with van der Waals surface area (Å²) in [6.07, 6.45) is 3.63. The number of hydrogen-bond donors (Lipinski definition) is 1. The molecule has 1 fully saturated rings. The molecular formula is C12H24N2O2. The Bertz CT molecular complexity index is 209. The highest BCUT2D eigenvalue weighted by atomic mass is 16.2. The van der Waals surface area contributed by atoms with Gasteiger partial charge in [-0.15, -0.1) is 0 Å². The number of rotatable bonds is 5. The summed E-state index contributed by atoms with van der Waals surface area (Å²) < 4.78 is 0. The molecule has 0 atom stereocenters. The van der Waals surface area contributed by atoms with Crippen molar-refractivity contribution in [2.45, 2.75) is 32.6 Å². The van der Waals surface area contributed by atoms with Crippen LogP contribution in [-0.2, 0) is 4.79 Å². The first-order chi connectivity index (χ1) is 7.77. The van der Waals surface area contributed by atoms with Crippen LogP contribution in [0.1, 0.15) is 32.6 Å². The minimum atomic E-state index is 0.275. The lowest BCUT2D eigenvalue weighted by Crippen LogP contribution is -2.35. The highest BCUT2D eigenvalue weighted by molar-refractivity contribution is 5.75. The van der Waals surface area contributed by atoms with Crippen molar-refractivity contribution in [1.29, 1.82) is 0 Å². The summed E-state index contributed by atoms with van der Waals surface area (Å²) in [4.78, 5) is 15.9. The van der Waals surface area contributed by atoms with Gasteiger partial charge >= 0.3 is 0 Å². The second kappa shape index (κ2) is 7.63. The summed E-state index contributed by atoms with van der Waals surface area (Å²) in [5.41, 5.74) is 0. The van der Waals surface area contributed by atoms with Crippen molar-refractivity contribution in [3.05, 3.63) is 0 Å². The summed E-state index contributed by atoms with van der Waals surface area (Å²) in [7, 11) is 0. The second-order valence-corrected chi connectivity index (χ2v) is 4.36. The van der Waals surface area contributed by atoms with Gasteiger partial charge in [-0.2, -0.15) is 0 Å². The lowest BCUT2D eigenvalue weighted by atomic mass is 10.3. The maximum Gasteiger partial charge on any atom is 0.222 e. The molecule has 1 rings (SSSR count). The van der Waals surface area contributed by atoms with Crippen LogP contribution in [0.2, 0.25) is 0 Å². The van der Waals surface area contributed by atoms with Gasteiger partial charge in [0.1, 0.15) is 0 Å². The normalized spacial score (nSPS) is 18.5. The molecule has 4 nitrogen and oxygen atoms in total. The Kier molecular flexibility index (Phi) is 6.42. The van der Waals surface area contributed by atoms with E-state index in [0.29, 0.717) is 6.42 Å². The minimum absolute atomic E-state index is 0.275. The molecule has 1 saturated heterocycles. The van der Waals surface area contributed by atoms with Crippen LogP contribution >= 0.6 is 0 Å². The largest absolute Gasteiger partial charge is 0.396 e. The molecule has 0 aromatic rings. The summed E-state index contributed by atoms with van der Waals surface area (Å²) in [5, 5.41) is 8.73. The van der Waals surface area contributed by atoms with Gasteiger partial charge in [0.2, 0.25) is 5.91 Å². The van der Waals surface area contributed by atoms with Crippen LogP contribution in [0.25, 0.3) is 0 Å². The quantitative estimate of drug-likeness (QED) is 0.705. The van der Waals surface area contributed by atoms with Crippen LogP contribution in [0.3, 0.4) is 0 Å². The molecule has 0 bridgehead atoms. The van der Waals surface area contributed by atoms with Crippen LogP contribution < -0.4 is 0 Å². The molecule has 0 spiro atoms. The lowest BCUT2D eigenvalue weighted by molar-refractivity contribution is -0.130. The van der Waals surface area contributed by atoms with Gasteiger partial charge in [-0.05, 0) is 32.4 Å². The average Bonchev–Trinajstić information content (AvgIpc) is 2.54. The van der Waals surface area contributed by atoms with Crippen molar-refractivity contribution < 1.29 is 9.90 Å². The zero-order valence-corrected chi connectivity index (χ0v) is 10.3. The third-order valence-electron chi connectivity index (χ3n) is 3.13. The predicted octanol–water partition coefficient (Wildman–Crippen LogP) is 0.703. The number of nitrogens with zero attached hydrogens (tertiary/aromatic N) is 2. The van der Waals surface area contributed by atoms with Crippen molar-refractivity contribution in [3.63, 3.8) is 0 Å². The molecule has 4 heteroatoms. The summed E-state index contributed by atoms with van der Waals surface area (Å²) >= 11 is 0. The monoisotopic (exact) mass is 228 g/mol. The zero-order valence-electron chi connectivity index (χ0n) is 10.3. The van der Waals surface area contributed by atoms with Crippen molar-refractivity contribution in [2.75, 3.05) is 39.3 Å². The molecular weight excluding hydrogens is 204 g/mol. The van der Waals surface area contributed by atoms with Crippen LogP contribution in [-0.4, -0.2) is 60.1 Å². The summed E-state index contributed by atoms with van der Waals surface area (Å²) in [6, 6.07) is 0. The molecule has 1 aliphatic rings. The Balaban J connectivity index is 2.26. The van der Waals surface area contributed by atoms with Crippen LogP contribution in [0.5, 0.6) is 0 Å². The minimum Gasteiger partial charge on any atom is -0.396 e. The maximum atomic E-state index is 11.6. The van der Waals surface area contributed by atoms with E-state index in [-0.39, 0.29) is 12.5 Å². The standard InChI is InChI=1S/C12H24N2O2/c1-2-12(16)14-8-5-7-13(9-10-14)6-3-4-11-15/h15H,2-11H2,1H3. The van der Waals surface area contributed by atoms with Crippen LogP contribution in [0.4, 0.5) is 0 Å². The predicted molar refractivity (Wildman–Crippen MR) is 64.2 cm³/mol. The van der Waals surface area contributed by atoms with Gasteiger partial charge in [0.15, 0.2) is 0 Å². The Morgan fingerprint density at radius 2 is 2.00 bits per heavy atom. The van der Waals surface area contributed by atoms with Gasteiger partial charge in [-0.25, -0.2) is 0 Å². The molecule has 94 valence electrons. The van der Waals surface area contributed by atoms with Gasteiger partial charge in [0, 0.05) is 32.7 Å². The number of aliphatic hydroxyl groups excluding tert-OH is 1. The third kappa shape index (κ3) is 4.49. The first-order valence-electron chi connectivity index (χ1n) is 6.39. The lowest BCUT2D eigenvalue weighted by Gasteiger charge is -2.21. The Morgan fingerprint density at radius 1 is 1.19 bits per heavy atom. The highest BCUT2D eigenvalue weighted by Crippen LogP contribution is 2.05. The van der Waals surface area contributed by atoms with Crippen molar-refractivity contribution >= 4 is 5.91 Å². The SMILES string of the molecule is CCC(=O)N1CCCN(CCCCO)CC1. The molecule has 16 heavy (non-hydrogen) atoms. The number of aliphatic hydroxyl groups is 1. The van der Waals surface area contributed by atoms with Gasteiger partial charge in [-0.1, -0.05) is 6.92 Å². The van der Waals surface area contributed by atoms with Gasteiger partial charge in [0.25, 0.3) is 0 Å². The van der Waals surface area contributed by atoms with Gasteiger partial charge < -0.3 is 14.9 Å². The van der Waals surface area contributed by atoms with E-state index in [0.717, 1.165) is 52.0 Å². The fourth-order valence-corrected chi connectivity index (χ4v) is 2.11. The smallest absolute Gasteiger partial charge is 0.222 e. The van der Waals surface area contributed by atoms with Crippen LogP contribution in [0, 0.1) is 0 Å². The molecule has 0 unspecified atom stereocenters. The molecule has 1 amide bonds. The maximum absolute atomic E-state index is 11.6. The Labute approximate surface area is 98.2 Å². The van der Waals surface area contributed by atoms with Crippen molar-refractivity contribution in [2.24, 2.45) is 0 Å². The van der Waals surface area contributed by atoms with E-state index in [9.17, 15) is 4.79 Å². The molecule has 1 heterocycles. The van der Waals surface area contributed by atoms with E-state index in [1.807, 2.05) is 11.8 Å². The summed E-state index contributed by atoms with van der Waals surface area (Å²) in [5.74, 6) is 0.275. The molecule has 1 aliphatic heterocycles. The first kappa shape index (κ1) is 13.5. The van der Waals surface area contributed by atoms with Crippen molar-refractivity contribution in [1.82, 2.24) is 9.80 Å². The molecule has 0 saturated carbocycles. The van der Waals surface area contributed by atoms with Crippen molar-refractivity contribution in [3.8, 4) is 0 Å². The number of amides is 1. The van der Waals surface area contributed by atoms with Gasteiger partial charge in [0.05, 0.1) is 0 Å². The molecule has 1 N–H and O–H groups in total. The van der Waals surface area contributed by atoms with E-state index in [1.54, 1.807) is 0 Å². The van der Waals surface area contributed by atoms with Gasteiger partial charge in [-0.3, -0.25) is 4.79 Å². The van der Waals surface area contributed by atoms with E-state index < -0.39 is 0 Å². The average molecular weight is 228 g/mol. The molecule has 0 radical (unpaired) electrons. The third-order valence-corrected chi connectivity index (χ3v) is 3.13. The van der Waals surface area contributed by atoms with E-state index >= 15 is 0 Å². The topological polar surface area (TPSA) is 43.8 Å². The van der Waals surface area contributed by atoms with E-state index in [2.05, 4.69) is 4.90 Å². The number of unbranched alkanes of at least 4 members (excludes halogenated alkanes) is 1. The van der Waals surface area contributed by atoms with E-state index in [1.165, 1.54) is 0 Å². The second-order valence-electron chi connectivity index (χ2n) is 4.36. The molecule has 0 aliphatic carbocycles.